The Hall–Kier alpha value is -4.20. The molecule has 0 aliphatic carbocycles. The van der Waals surface area contributed by atoms with E-state index in [2.05, 4.69) is 21.0 Å². The highest BCUT2D eigenvalue weighted by Crippen LogP contribution is 2.19. The molecule has 8 nitrogen and oxygen atoms in total. The quantitative estimate of drug-likeness (QED) is 0.488. The minimum Gasteiger partial charge on any atom is -0.267 e. The summed E-state index contributed by atoms with van der Waals surface area (Å²) in [5.41, 5.74) is 10.1. The molecule has 2 aromatic heterocycles. The minimum absolute atomic E-state index is 0.419. The summed E-state index contributed by atoms with van der Waals surface area (Å²) in [6.45, 7) is 7.17. The number of nitrogens with one attached hydrogen (secondary N) is 2. The molecule has 0 saturated heterocycles. The van der Waals surface area contributed by atoms with Crippen molar-refractivity contribution in [2.75, 3.05) is 0 Å². The molecule has 4 rings (SSSR count). The third-order valence-corrected chi connectivity index (χ3v) is 5.33. The molecular formula is C24H24N6O2. The molecule has 0 bridgehead atoms. The van der Waals surface area contributed by atoms with Crippen molar-refractivity contribution in [3.8, 4) is 11.4 Å². The highest BCUT2D eigenvalue weighted by molar-refractivity contribution is 6.01. The van der Waals surface area contributed by atoms with Gasteiger partial charge in [-0.1, -0.05) is 36.4 Å². The van der Waals surface area contributed by atoms with Gasteiger partial charge in [0.2, 0.25) is 0 Å². The number of rotatable bonds is 4. The van der Waals surface area contributed by atoms with Crippen molar-refractivity contribution in [2.24, 2.45) is 0 Å². The monoisotopic (exact) mass is 428 g/mol. The Kier molecular flexibility index (Phi) is 5.59. The van der Waals surface area contributed by atoms with Crippen molar-refractivity contribution in [1.29, 1.82) is 0 Å². The predicted molar refractivity (Wildman–Crippen MR) is 121 cm³/mol. The number of para-hydroxylation sites is 2. The van der Waals surface area contributed by atoms with Crippen LogP contribution in [0.3, 0.4) is 0 Å². The zero-order valence-electron chi connectivity index (χ0n) is 18.4. The molecule has 0 spiro atoms. The second-order valence-corrected chi connectivity index (χ2v) is 7.49. The number of hydrogen-bond acceptors (Lipinski definition) is 4. The third kappa shape index (κ3) is 3.78. The molecule has 0 aliphatic heterocycles. The summed E-state index contributed by atoms with van der Waals surface area (Å²) in [6.07, 6.45) is 0. The van der Waals surface area contributed by atoms with Crippen molar-refractivity contribution >= 4 is 11.8 Å². The number of benzene rings is 2. The predicted octanol–water partition coefficient (Wildman–Crippen LogP) is 3.37. The lowest BCUT2D eigenvalue weighted by molar-refractivity contribution is 0.0845. The van der Waals surface area contributed by atoms with E-state index in [9.17, 15) is 9.59 Å². The summed E-state index contributed by atoms with van der Waals surface area (Å²) in [5, 5.41) is 8.96. The van der Waals surface area contributed by atoms with E-state index >= 15 is 0 Å². The van der Waals surface area contributed by atoms with Crippen LogP contribution in [0.5, 0.6) is 0 Å². The Labute approximate surface area is 185 Å². The summed E-state index contributed by atoms with van der Waals surface area (Å²) in [4.78, 5) is 25.7. The number of carbonyl (C=O) groups is 2. The number of amides is 2. The highest BCUT2D eigenvalue weighted by Gasteiger charge is 2.23. The van der Waals surface area contributed by atoms with E-state index in [-0.39, 0.29) is 0 Å². The molecular weight excluding hydrogens is 404 g/mol. The number of carbonyl (C=O) groups excluding carboxylic acids is 2. The first-order valence-corrected chi connectivity index (χ1v) is 10.2. The van der Waals surface area contributed by atoms with Gasteiger partial charge in [-0.05, 0) is 52.0 Å². The van der Waals surface area contributed by atoms with Crippen LogP contribution in [0.15, 0.2) is 60.7 Å². The average molecular weight is 428 g/mol. The number of hydrazine groups is 1. The zero-order chi connectivity index (χ0) is 22.8. The van der Waals surface area contributed by atoms with E-state index in [1.54, 1.807) is 23.2 Å². The van der Waals surface area contributed by atoms with Gasteiger partial charge in [-0.25, -0.2) is 9.36 Å². The van der Waals surface area contributed by atoms with Crippen LogP contribution in [0, 0.1) is 27.7 Å². The standard InChI is InChI=1S/C24H24N6O2/c1-15-21(17(3)29(27-15)19-11-7-5-8-12-19)23(31)25-26-24(32)22-16(2)28-30(18(22)4)20-13-9-6-10-14-20/h5-14H,1-4H3,(H,25,31)(H,26,32). The molecule has 4 aromatic rings. The van der Waals surface area contributed by atoms with E-state index in [1.165, 1.54) is 0 Å². The Bertz CT molecular complexity index is 1190. The van der Waals surface area contributed by atoms with Crippen LogP contribution in [0.25, 0.3) is 11.4 Å². The Balaban J connectivity index is 1.53. The molecule has 0 saturated carbocycles. The smallest absolute Gasteiger partial charge is 0.267 e. The second kappa shape index (κ2) is 8.50. The van der Waals surface area contributed by atoms with E-state index in [0.717, 1.165) is 11.4 Å². The van der Waals surface area contributed by atoms with Crippen LogP contribution < -0.4 is 10.9 Å². The normalized spacial score (nSPS) is 10.8. The van der Waals surface area contributed by atoms with Gasteiger partial charge in [-0.3, -0.25) is 20.4 Å². The van der Waals surface area contributed by atoms with E-state index in [0.29, 0.717) is 33.9 Å². The maximum atomic E-state index is 12.9. The Morgan fingerprint density at radius 2 is 0.969 bits per heavy atom. The average Bonchev–Trinajstić information content (AvgIpc) is 3.27. The number of nitrogens with zero attached hydrogens (tertiary/aromatic N) is 4. The fourth-order valence-electron chi connectivity index (χ4n) is 3.82. The van der Waals surface area contributed by atoms with Crippen LogP contribution in [-0.2, 0) is 0 Å². The molecule has 0 atom stereocenters. The number of hydrogen-bond donors (Lipinski definition) is 2. The lowest BCUT2D eigenvalue weighted by Crippen LogP contribution is -2.42. The molecule has 0 aliphatic rings. The summed E-state index contributed by atoms with van der Waals surface area (Å²) in [5.74, 6) is -0.859. The molecule has 2 aromatic carbocycles. The molecule has 162 valence electrons. The van der Waals surface area contributed by atoms with Crippen molar-refractivity contribution in [3.63, 3.8) is 0 Å². The SMILES string of the molecule is Cc1nn(-c2ccccc2)c(C)c1C(=O)NNC(=O)c1c(C)nn(-c2ccccc2)c1C. The first-order valence-electron chi connectivity index (χ1n) is 10.2. The summed E-state index contributed by atoms with van der Waals surface area (Å²) >= 11 is 0. The van der Waals surface area contributed by atoms with Gasteiger partial charge in [-0.15, -0.1) is 0 Å². The lowest BCUT2D eigenvalue weighted by atomic mass is 10.2. The Morgan fingerprint density at radius 3 is 1.31 bits per heavy atom. The van der Waals surface area contributed by atoms with Crippen molar-refractivity contribution in [2.45, 2.75) is 27.7 Å². The van der Waals surface area contributed by atoms with E-state index in [4.69, 9.17) is 0 Å². The highest BCUT2D eigenvalue weighted by atomic mass is 16.2. The zero-order valence-corrected chi connectivity index (χ0v) is 18.4. The molecule has 0 radical (unpaired) electrons. The maximum absolute atomic E-state index is 12.9. The lowest BCUT2D eigenvalue weighted by Gasteiger charge is -2.09. The molecule has 2 amide bonds. The Morgan fingerprint density at radius 1 is 0.625 bits per heavy atom. The number of aryl methyl sites for hydroxylation is 2. The van der Waals surface area contributed by atoms with Gasteiger partial charge >= 0.3 is 0 Å². The van der Waals surface area contributed by atoms with Crippen LogP contribution in [0.2, 0.25) is 0 Å². The second-order valence-electron chi connectivity index (χ2n) is 7.49. The van der Waals surface area contributed by atoms with Crippen LogP contribution >= 0.6 is 0 Å². The van der Waals surface area contributed by atoms with Gasteiger partial charge in [0.05, 0.1) is 45.3 Å². The van der Waals surface area contributed by atoms with Gasteiger partial charge in [-0.2, -0.15) is 10.2 Å². The summed E-state index contributed by atoms with van der Waals surface area (Å²) in [6, 6.07) is 19.1. The topological polar surface area (TPSA) is 93.8 Å². The van der Waals surface area contributed by atoms with Gasteiger partial charge in [0.1, 0.15) is 0 Å². The van der Waals surface area contributed by atoms with Gasteiger partial charge < -0.3 is 0 Å². The molecule has 0 fully saturated rings. The van der Waals surface area contributed by atoms with Crippen LogP contribution in [0.1, 0.15) is 43.5 Å². The molecule has 32 heavy (non-hydrogen) atoms. The first kappa shape index (κ1) is 21.0. The van der Waals surface area contributed by atoms with Gasteiger partial charge in [0.15, 0.2) is 0 Å². The minimum atomic E-state index is -0.429. The van der Waals surface area contributed by atoms with Crippen molar-refractivity contribution in [1.82, 2.24) is 30.4 Å². The van der Waals surface area contributed by atoms with Gasteiger partial charge in [0, 0.05) is 0 Å². The van der Waals surface area contributed by atoms with Crippen molar-refractivity contribution in [3.05, 3.63) is 94.6 Å². The fraction of sp³-hybridized carbons (Fsp3) is 0.167. The van der Waals surface area contributed by atoms with E-state index < -0.39 is 11.8 Å². The van der Waals surface area contributed by atoms with Gasteiger partial charge in [0.25, 0.3) is 11.8 Å². The molecule has 8 heteroatoms. The van der Waals surface area contributed by atoms with Crippen molar-refractivity contribution < 1.29 is 9.59 Å². The van der Waals surface area contributed by atoms with E-state index in [1.807, 2.05) is 74.5 Å². The third-order valence-electron chi connectivity index (χ3n) is 5.33. The van der Waals surface area contributed by atoms with Crippen LogP contribution in [0.4, 0.5) is 0 Å². The summed E-state index contributed by atoms with van der Waals surface area (Å²) in [7, 11) is 0. The fourth-order valence-corrected chi connectivity index (χ4v) is 3.82. The van der Waals surface area contributed by atoms with Crippen LogP contribution in [-0.4, -0.2) is 31.4 Å². The summed E-state index contributed by atoms with van der Waals surface area (Å²) < 4.78 is 3.43. The molecule has 2 heterocycles. The first-order chi connectivity index (χ1) is 15.4. The molecule has 0 unspecified atom stereocenters. The number of aromatic nitrogens is 4. The largest absolute Gasteiger partial charge is 0.273 e. The maximum Gasteiger partial charge on any atom is 0.273 e. The molecule has 2 N–H and O–H groups in total.